The van der Waals surface area contributed by atoms with Gasteiger partial charge in [-0.05, 0) is 18.2 Å². The van der Waals surface area contributed by atoms with E-state index in [-0.39, 0.29) is 24.3 Å². The minimum atomic E-state index is -1.25. The number of benzene rings is 1. The molecule has 0 aromatic heterocycles. The van der Waals surface area contributed by atoms with E-state index in [1.165, 1.54) is 6.07 Å². The van der Waals surface area contributed by atoms with Crippen LogP contribution in [-0.2, 0) is 9.47 Å². The zero-order chi connectivity index (χ0) is 15.0. The molecule has 0 aliphatic carbocycles. The molecule has 0 heterocycles. The van der Waals surface area contributed by atoms with E-state index in [1.807, 2.05) is 0 Å². The fourth-order valence-electron chi connectivity index (χ4n) is 1.41. The minimum absolute atomic E-state index is 0.202. The summed E-state index contributed by atoms with van der Waals surface area (Å²) in [6.45, 7) is 1.37. The van der Waals surface area contributed by atoms with Crippen LogP contribution in [0.15, 0.2) is 18.2 Å². The fraction of sp³-hybridized carbons (Fsp3) is 0.385. The maximum absolute atomic E-state index is 13.6. The van der Waals surface area contributed by atoms with Crippen LogP contribution in [-0.4, -0.2) is 50.5 Å². The van der Waals surface area contributed by atoms with E-state index in [9.17, 15) is 14.0 Å². The van der Waals surface area contributed by atoms with Gasteiger partial charge in [0.05, 0.1) is 30.9 Å². The molecule has 0 aliphatic heterocycles. The summed E-state index contributed by atoms with van der Waals surface area (Å²) in [5, 5.41) is 11.2. The van der Waals surface area contributed by atoms with Gasteiger partial charge in [-0.3, -0.25) is 4.79 Å². The minimum Gasteiger partial charge on any atom is -0.478 e. The van der Waals surface area contributed by atoms with Crippen LogP contribution in [0.3, 0.4) is 0 Å². The summed E-state index contributed by atoms with van der Waals surface area (Å²) in [5.74, 6) is -2.74. The van der Waals surface area contributed by atoms with Crippen molar-refractivity contribution in [1.82, 2.24) is 5.32 Å². The first-order chi connectivity index (χ1) is 9.56. The number of ether oxygens (including phenoxy) is 2. The number of carbonyl (C=O) groups is 2. The van der Waals surface area contributed by atoms with Crippen molar-refractivity contribution in [3.63, 3.8) is 0 Å². The monoisotopic (exact) mass is 285 g/mol. The Morgan fingerprint density at radius 1 is 1.30 bits per heavy atom. The highest BCUT2D eigenvalue weighted by atomic mass is 19.1. The van der Waals surface area contributed by atoms with Gasteiger partial charge in [-0.1, -0.05) is 0 Å². The van der Waals surface area contributed by atoms with Crippen molar-refractivity contribution in [2.75, 3.05) is 33.5 Å². The molecule has 0 bridgehead atoms. The van der Waals surface area contributed by atoms with E-state index in [0.29, 0.717) is 13.2 Å². The van der Waals surface area contributed by atoms with Gasteiger partial charge in [0.15, 0.2) is 0 Å². The lowest BCUT2D eigenvalue weighted by molar-refractivity contribution is 0.0688. The van der Waals surface area contributed by atoms with Crippen LogP contribution in [0.2, 0.25) is 0 Å². The number of methoxy groups -OCH3 is 1. The quantitative estimate of drug-likeness (QED) is 0.694. The van der Waals surface area contributed by atoms with Crippen molar-refractivity contribution in [2.45, 2.75) is 0 Å². The molecule has 110 valence electrons. The zero-order valence-corrected chi connectivity index (χ0v) is 11.0. The van der Waals surface area contributed by atoms with E-state index >= 15 is 0 Å². The van der Waals surface area contributed by atoms with Gasteiger partial charge >= 0.3 is 5.97 Å². The van der Waals surface area contributed by atoms with E-state index in [4.69, 9.17) is 14.6 Å². The first-order valence-corrected chi connectivity index (χ1v) is 5.94. The molecule has 1 aromatic carbocycles. The lowest BCUT2D eigenvalue weighted by Gasteiger charge is -2.07. The number of hydrogen-bond acceptors (Lipinski definition) is 4. The largest absolute Gasteiger partial charge is 0.478 e. The second-order valence-corrected chi connectivity index (χ2v) is 3.86. The van der Waals surface area contributed by atoms with Crippen LogP contribution in [0.5, 0.6) is 0 Å². The first-order valence-electron chi connectivity index (χ1n) is 5.94. The Morgan fingerprint density at radius 2 is 2.05 bits per heavy atom. The number of carbonyl (C=O) groups excluding carboxylic acids is 1. The molecule has 0 saturated heterocycles. The molecule has 1 rings (SSSR count). The molecule has 0 unspecified atom stereocenters. The van der Waals surface area contributed by atoms with Crippen molar-refractivity contribution in [2.24, 2.45) is 0 Å². The SMILES string of the molecule is COCCOCCNC(=O)c1ccc(C(=O)O)cc1F. The number of rotatable bonds is 8. The molecule has 7 heteroatoms. The molecular weight excluding hydrogens is 269 g/mol. The average molecular weight is 285 g/mol. The first kappa shape index (κ1) is 16.1. The summed E-state index contributed by atoms with van der Waals surface area (Å²) in [6.07, 6.45) is 0. The molecule has 0 fully saturated rings. The Balaban J connectivity index is 2.45. The van der Waals surface area contributed by atoms with Gasteiger partial charge in [-0.25, -0.2) is 9.18 Å². The Labute approximate surface area is 115 Å². The van der Waals surface area contributed by atoms with Crippen LogP contribution < -0.4 is 5.32 Å². The molecule has 6 nitrogen and oxygen atoms in total. The molecule has 1 amide bonds. The smallest absolute Gasteiger partial charge is 0.335 e. The molecule has 20 heavy (non-hydrogen) atoms. The van der Waals surface area contributed by atoms with Crippen molar-refractivity contribution in [3.05, 3.63) is 35.1 Å². The fourth-order valence-corrected chi connectivity index (χ4v) is 1.41. The van der Waals surface area contributed by atoms with Crippen LogP contribution in [0.25, 0.3) is 0 Å². The highest BCUT2D eigenvalue weighted by Crippen LogP contribution is 2.10. The molecule has 1 aromatic rings. The number of hydrogen-bond donors (Lipinski definition) is 2. The molecule has 0 saturated carbocycles. The Bertz CT molecular complexity index is 478. The third-order valence-corrected chi connectivity index (χ3v) is 2.42. The summed E-state index contributed by atoms with van der Waals surface area (Å²) in [7, 11) is 1.55. The Morgan fingerprint density at radius 3 is 2.65 bits per heavy atom. The van der Waals surface area contributed by atoms with Gasteiger partial charge in [-0.2, -0.15) is 0 Å². The third-order valence-electron chi connectivity index (χ3n) is 2.42. The van der Waals surface area contributed by atoms with E-state index in [2.05, 4.69) is 5.32 Å². The summed E-state index contributed by atoms with van der Waals surface area (Å²) >= 11 is 0. The second-order valence-electron chi connectivity index (χ2n) is 3.86. The Hall–Kier alpha value is -1.99. The summed E-state index contributed by atoms with van der Waals surface area (Å²) in [6, 6.07) is 3.13. The van der Waals surface area contributed by atoms with Gasteiger partial charge < -0.3 is 19.9 Å². The number of aromatic carboxylic acids is 1. The summed E-state index contributed by atoms with van der Waals surface area (Å²) in [4.78, 5) is 22.3. The number of amides is 1. The molecule has 0 aliphatic rings. The zero-order valence-electron chi connectivity index (χ0n) is 11.0. The molecule has 0 spiro atoms. The highest BCUT2D eigenvalue weighted by Gasteiger charge is 2.13. The van der Waals surface area contributed by atoms with Crippen molar-refractivity contribution in [1.29, 1.82) is 0 Å². The molecule has 0 radical (unpaired) electrons. The normalized spacial score (nSPS) is 10.3. The van der Waals surface area contributed by atoms with E-state index in [1.54, 1.807) is 7.11 Å². The van der Waals surface area contributed by atoms with Gasteiger partial charge in [0.1, 0.15) is 5.82 Å². The number of carboxylic acids is 1. The topological polar surface area (TPSA) is 84.9 Å². The molecule has 2 N–H and O–H groups in total. The Kier molecular flexibility index (Phi) is 6.61. The maximum atomic E-state index is 13.6. The third kappa shape index (κ3) is 4.94. The molecule has 0 atom stereocenters. The molecular formula is C13H16FNO5. The van der Waals surface area contributed by atoms with Crippen LogP contribution >= 0.6 is 0 Å². The average Bonchev–Trinajstić information content (AvgIpc) is 2.42. The number of halogens is 1. The van der Waals surface area contributed by atoms with Gasteiger partial charge in [0.2, 0.25) is 0 Å². The maximum Gasteiger partial charge on any atom is 0.335 e. The van der Waals surface area contributed by atoms with Crippen molar-refractivity contribution < 1.29 is 28.6 Å². The summed E-state index contributed by atoms with van der Waals surface area (Å²) in [5.41, 5.74) is -0.408. The lowest BCUT2D eigenvalue weighted by Crippen LogP contribution is -2.28. The van der Waals surface area contributed by atoms with Gasteiger partial charge in [0, 0.05) is 13.7 Å². The summed E-state index contributed by atoms with van der Waals surface area (Å²) < 4.78 is 23.5. The van der Waals surface area contributed by atoms with Crippen LogP contribution in [0.4, 0.5) is 4.39 Å². The lowest BCUT2D eigenvalue weighted by atomic mass is 10.1. The van der Waals surface area contributed by atoms with E-state index < -0.39 is 17.7 Å². The van der Waals surface area contributed by atoms with Gasteiger partial charge in [0.25, 0.3) is 5.91 Å². The highest BCUT2D eigenvalue weighted by molar-refractivity contribution is 5.96. The number of nitrogens with one attached hydrogen (secondary N) is 1. The standard InChI is InChI=1S/C13H16FNO5/c1-19-6-7-20-5-4-15-12(16)10-3-2-9(13(17)18)8-11(10)14/h2-3,8H,4-7H2,1H3,(H,15,16)(H,17,18). The van der Waals surface area contributed by atoms with E-state index in [0.717, 1.165) is 12.1 Å². The van der Waals surface area contributed by atoms with Gasteiger partial charge in [-0.15, -0.1) is 0 Å². The predicted molar refractivity (Wildman–Crippen MR) is 68.4 cm³/mol. The van der Waals surface area contributed by atoms with Crippen molar-refractivity contribution >= 4 is 11.9 Å². The predicted octanol–water partition coefficient (Wildman–Crippen LogP) is 0.917. The van der Waals surface area contributed by atoms with Crippen molar-refractivity contribution in [3.8, 4) is 0 Å². The van der Waals surface area contributed by atoms with Crippen LogP contribution in [0.1, 0.15) is 20.7 Å². The van der Waals surface area contributed by atoms with Crippen LogP contribution in [0, 0.1) is 5.82 Å². The second kappa shape index (κ2) is 8.23. The number of carboxylic acid groups (broad SMARTS) is 1.